The summed E-state index contributed by atoms with van der Waals surface area (Å²) in [6.45, 7) is 3.63. The molecule has 0 heterocycles. The van der Waals surface area contributed by atoms with Crippen molar-refractivity contribution in [1.82, 2.24) is 0 Å². The van der Waals surface area contributed by atoms with Gasteiger partial charge < -0.3 is 0 Å². The van der Waals surface area contributed by atoms with Gasteiger partial charge in [0.05, 0.1) is 0 Å². The van der Waals surface area contributed by atoms with Crippen LogP contribution in [-0.2, 0) is 3.78 Å². The molecule has 0 saturated heterocycles. The zero-order chi connectivity index (χ0) is 8.32. The molecule has 0 saturated carbocycles. The summed E-state index contributed by atoms with van der Waals surface area (Å²) in [5.74, 6) is 0. The van der Waals surface area contributed by atoms with Gasteiger partial charge in [-0.2, -0.15) is 0 Å². The molecule has 58 valence electrons. The molecule has 0 nitrogen and oxygen atoms in total. The second kappa shape index (κ2) is 3.42. The first-order valence-corrected chi connectivity index (χ1v) is 4.41. The molecule has 1 rings (SSSR count). The fourth-order valence-corrected chi connectivity index (χ4v) is 1.17. The van der Waals surface area contributed by atoms with Crippen molar-refractivity contribution in [1.29, 1.82) is 0 Å². The summed E-state index contributed by atoms with van der Waals surface area (Å²) in [5.41, 5.74) is 0.997. The van der Waals surface area contributed by atoms with Crippen LogP contribution in [-0.4, -0.2) is 0 Å². The highest BCUT2D eigenvalue weighted by Gasteiger charge is 2.20. The Morgan fingerprint density at radius 2 is 1.91 bits per heavy atom. The van der Waals surface area contributed by atoms with Crippen molar-refractivity contribution in [2.75, 3.05) is 0 Å². The second-order valence-electron chi connectivity index (χ2n) is 2.19. The van der Waals surface area contributed by atoms with Crippen LogP contribution in [0.15, 0.2) is 43.0 Å². The molecule has 0 amide bonds. The van der Waals surface area contributed by atoms with E-state index in [1.165, 1.54) is 0 Å². The van der Waals surface area contributed by atoms with Crippen LogP contribution in [0.25, 0.3) is 0 Å². The lowest BCUT2D eigenvalue weighted by Gasteiger charge is -2.14. The molecule has 0 aliphatic rings. The maximum Gasteiger partial charge on any atom is 0.142 e. The Morgan fingerprint density at radius 3 is 2.36 bits per heavy atom. The van der Waals surface area contributed by atoms with Gasteiger partial charge in [-0.25, -0.2) is 0 Å². The average molecular weight is 232 g/mol. The maximum absolute atomic E-state index is 6.04. The normalized spacial score (nSPS) is 15.5. The van der Waals surface area contributed by atoms with Gasteiger partial charge in [0.2, 0.25) is 0 Å². The van der Waals surface area contributed by atoms with Gasteiger partial charge in [0, 0.05) is 0 Å². The number of halogens is 2. The molecular formula is C9H8BrCl. The standard InChI is InChI=1S/C9H8BrCl/c1-2-9(10,11)8-6-4-3-5-7-8/h2-7H,1H2. The molecule has 0 aliphatic heterocycles. The lowest BCUT2D eigenvalue weighted by molar-refractivity contribution is 1.15. The third-order valence-electron chi connectivity index (χ3n) is 1.42. The van der Waals surface area contributed by atoms with E-state index in [1.54, 1.807) is 6.08 Å². The third-order valence-corrected chi connectivity index (χ3v) is 2.57. The van der Waals surface area contributed by atoms with E-state index in [0.29, 0.717) is 0 Å². The molecule has 1 aromatic rings. The smallest absolute Gasteiger partial charge is 0.100 e. The van der Waals surface area contributed by atoms with Gasteiger partial charge >= 0.3 is 0 Å². The molecule has 1 atom stereocenters. The minimum Gasteiger partial charge on any atom is -0.100 e. The summed E-state index contributed by atoms with van der Waals surface area (Å²) in [6.07, 6.45) is 1.66. The van der Waals surface area contributed by atoms with Crippen molar-refractivity contribution >= 4 is 27.5 Å². The third kappa shape index (κ3) is 2.08. The highest BCUT2D eigenvalue weighted by molar-refractivity contribution is 9.10. The Morgan fingerprint density at radius 1 is 1.36 bits per heavy atom. The number of alkyl halides is 2. The first kappa shape index (κ1) is 8.82. The zero-order valence-corrected chi connectivity index (χ0v) is 8.27. The molecule has 1 aromatic carbocycles. The highest BCUT2D eigenvalue weighted by Crippen LogP contribution is 2.36. The Hall–Kier alpha value is -0.270. The Kier molecular flexibility index (Phi) is 2.74. The Bertz CT molecular complexity index is 241. The van der Waals surface area contributed by atoms with Crippen molar-refractivity contribution in [3.63, 3.8) is 0 Å². The summed E-state index contributed by atoms with van der Waals surface area (Å²) in [4.78, 5) is 0. The van der Waals surface area contributed by atoms with Crippen LogP contribution >= 0.6 is 27.5 Å². The number of rotatable bonds is 2. The fourth-order valence-electron chi connectivity index (χ4n) is 0.778. The van der Waals surface area contributed by atoms with Crippen LogP contribution in [0, 0.1) is 0 Å². The fraction of sp³-hybridized carbons (Fsp3) is 0.111. The van der Waals surface area contributed by atoms with E-state index in [0.717, 1.165) is 5.56 Å². The van der Waals surface area contributed by atoms with Gasteiger partial charge in [0.1, 0.15) is 3.78 Å². The molecule has 0 fully saturated rings. The van der Waals surface area contributed by atoms with E-state index >= 15 is 0 Å². The minimum atomic E-state index is -0.617. The summed E-state index contributed by atoms with van der Waals surface area (Å²) in [5, 5.41) is 0. The lowest BCUT2D eigenvalue weighted by Crippen LogP contribution is -2.03. The first-order valence-electron chi connectivity index (χ1n) is 3.24. The van der Waals surface area contributed by atoms with Crippen LogP contribution in [0.3, 0.4) is 0 Å². The summed E-state index contributed by atoms with van der Waals surface area (Å²) >= 11 is 9.38. The van der Waals surface area contributed by atoms with Gasteiger partial charge in [-0.05, 0) is 5.56 Å². The molecule has 0 radical (unpaired) electrons. The van der Waals surface area contributed by atoms with Crippen molar-refractivity contribution in [2.45, 2.75) is 3.78 Å². The van der Waals surface area contributed by atoms with Gasteiger partial charge in [0.15, 0.2) is 0 Å². The number of benzene rings is 1. The molecule has 2 heteroatoms. The summed E-state index contributed by atoms with van der Waals surface area (Å²) in [6, 6.07) is 9.73. The van der Waals surface area contributed by atoms with Crippen molar-refractivity contribution < 1.29 is 0 Å². The zero-order valence-electron chi connectivity index (χ0n) is 5.93. The molecule has 0 aromatic heterocycles. The van der Waals surface area contributed by atoms with Crippen LogP contribution in [0.1, 0.15) is 5.56 Å². The molecular weight excluding hydrogens is 223 g/mol. The van der Waals surface area contributed by atoms with Crippen LogP contribution in [0.5, 0.6) is 0 Å². The van der Waals surface area contributed by atoms with Crippen LogP contribution in [0.2, 0.25) is 0 Å². The lowest BCUT2D eigenvalue weighted by atomic mass is 10.1. The largest absolute Gasteiger partial charge is 0.142 e. The Balaban J connectivity index is 3.02. The average Bonchev–Trinajstić information content (AvgIpc) is 2.06. The summed E-state index contributed by atoms with van der Waals surface area (Å²) in [7, 11) is 0. The quantitative estimate of drug-likeness (QED) is 0.538. The van der Waals surface area contributed by atoms with E-state index < -0.39 is 3.78 Å². The van der Waals surface area contributed by atoms with E-state index in [2.05, 4.69) is 22.5 Å². The molecule has 0 spiro atoms. The molecule has 11 heavy (non-hydrogen) atoms. The monoisotopic (exact) mass is 230 g/mol. The second-order valence-corrected chi connectivity index (χ2v) is 4.50. The van der Waals surface area contributed by atoms with E-state index in [1.807, 2.05) is 30.3 Å². The van der Waals surface area contributed by atoms with Crippen molar-refractivity contribution in [2.24, 2.45) is 0 Å². The van der Waals surface area contributed by atoms with Crippen molar-refractivity contribution in [3.8, 4) is 0 Å². The SMILES string of the molecule is C=CC(Cl)(Br)c1ccccc1. The van der Waals surface area contributed by atoms with Crippen LogP contribution < -0.4 is 0 Å². The maximum atomic E-state index is 6.04. The van der Waals surface area contributed by atoms with E-state index in [4.69, 9.17) is 11.6 Å². The predicted octanol–water partition coefficient (Wildman–Crippen LogP) is 3.66. The topological polar surface area (TPSA) is 0 Å². The summed E-state index contributed by atoms with van der Waals surface area (Å²) < 4.78 is -0.617. The van der Waals surface area contributed by atoms with Crippen molar-refractivity contribution in [3.05, 3.63) is 48.6 Å². The Labute approximate surface area is 80.0 Å². The molecule has 1 unspecified atom stereocenters. The number of allylic oxidation sites excluding steroid dienone is 1. The molecule has 0 N–H and O–H groups in total. The van der Waals surface area contributed by atoms with Gasteiger partial charge in [-0.1, -0.05) is 63.9 Å². The van der Waals surface area contributed by atoms with E-state index in [-0.39, 0.29) is 0 Å². The van der Waals surface area contributed by atoms with Crippen LogP contribution in [0.4, 0.5) is 0 Å². The minimum absolute atomic E-state index is 0.617. The van der Waals surface area contributed by atoms with Gasteiger partial charge in [-0.15, -0.1) is 6.58 Å². The van der Waals surface area contributed by atoms with E-state index in [9.17, 15) is 0 Å². The number of hydrogen-bond acceptors (Lipinski definition) is 0. The molecule has 0 aliphatic carbocycles. The highest BCUT2D eigenvalue weighted by atomic mass is 79.9. The number of hydrogen-bond donors (Lipinski definition) is 0. The first-order chi connectivity index (χ1) is 5.17. The predicted molar refractivity (Wildman–Crippen MR) is 53.1 cm³/mol. The molecule has 0 bridgehead atoms. The van der Waals surface area contributed by atoms with Gasteiger partial charge in [0.25, 0.3) is 0 Å². The van der Waals surface area contributed by atoms with Gasteiger partial charge in [-0.3, -0.25) is 0 Å².